The van der Waals surface area contributed by atoms with Gasteiger partial charge in [-0.25, -0.2) is 0 Å². The van der Waals surface area contributed by atoms with Crippen molar-refractivity contribution in [2.75, 3.05) is 0 Å². The van der Waals surface area contributed by atoms with Gasteiger partial charge in [-0.15, -0.1) is 17.0 Å². The summed E-state index contributed by atoms with van der Waals surface area (Å²) in [7, 11) is 0. The normalized spacial score (nSPS) is 9.25. The van der Waals surface area contributed by atoms with E-state index in [2.05, 4.69) is 4.98 Å². The molecule has 2 aromatic rings. The summed E-state index contributed by atoms with van der Waals surface area (Å²) in [5, 5.41) is 0. The molecule has 82 valence electrons. The van der Waals surface area contributed by atoms with Gasteiger partial charge in [0.25, 0.3) is 0 Å². The van der Waals surface area contributed by atoms with E-state index in [1.54, 1.807) is 24.5 Å². The first-order valence-corrected chi connectivity index (χ1v) is 4.73. The van der Waals surface area contributed by atoms with Crippen molar-refractivity contribution in [3.05, 3.63) is 60.7 Å². The summed E-state index contributed by atoms with van der Waals surface area (Å²) < 4.78 is 1.84. The molecule has 0 N–H and O–H groups in total. The number of pyridine rings is 2. The number of nitrogens with zero attached hydrogens (tertiary/aromatic N) is 2. The van der Waals surface area contributed by atoms with Gasteiger partial charge < -0.3 is 0 Å². The Balaban J connectivity index is 0.00000128. The van der Waals surface area contributed by atoms with Gasteiger partial charge in [0.2, 0.25) is 12.3 Å². The molecular weight excluding hydrogens is 268 g/mol. The Morgan fingerprint density at radius 3 is 2.56 bits per heavy atom. The number of ketones is 1. The van der Waals surface area contributed by atoms with Crippen molar-refractivity contribution in [3.63, 3.8) is 0 Å². The van der Waals surface area contributed by atoms with Crippen molar-refractivity contribution in [2.24, 2.45) is 0 Å². The van der Waals surface area contributed by atoms with E-state index < -0.39 is 0 Å². The Labute approximate surface area is 105 Å². The van der Waals surface area contributed by atoms with E-state index in [1.165, 1.54) is 0 Å². The number of hydrogen-bond donors (Lipinski definition) is 0. The average Bonchev–Trinajstić information content (AvgIpc) is 2.31. The topological polar surface area (TPSA) is 33.8 Å². The van der Waals surface area contributed by atoms with Crippen LogP contribution in [0, 0.1) is 0 Å². The summed E-state index contributed by atoms with van der Waals surface area (Å²) in [6, 6.07) is 9.26. The molecule has 0 aliphatic carbocycles. The predicted octanol–water partition coefficient (Wildman–Crippen LogP) is 1.83. The van der Waals surface area contributed by atoms with Crippen molar-refractivity contribution in [1.82, 2.24) is 4.98 Å². The number of carbonyl (C=O) groups is 1. The van der Waals surface area contributed by atoms with Gasteiger partial charge in [-0.2, -0.15) is 4.57 Å². The molecule has 0 fully saturated rings. The molecule has 3 nitrogen and oxygen atoms in total. The third-order valence-electron chi connectivity index (χ3n) is 2.09. The standard InChI is InChI=1S/C12H11N2O.BrH/c15-12(11-5-4-6-13-9-11)10-14-7-2-1-3-8-14;/h1-9H,10H2;1H/q+1;. The first-order chi connectivity index (χ1) is 7.36. The van der Waals surface area contributed by atoms with Crippen LogP contribution in [0.3, 0.4) is 0 Å². The van der Waals surface area contributed by atoms with Gasteiger partial charge in [-0.3, -0.25) is 9.78 Å². The third-order valence-corrected chi connectivity index (χ3v) is 2.09. The number of carbonyl (C=O) groups excluding carboxylic acids is 1. The fourth-order valence-corrected chi connectivity index (χ4v) is 1.32. The number of halogens is 1. The Morgan fingerprint density at radius 2 is 1.94 bits per heavy atom. The lowest BCUT2D eigenvalue weighted by molar-refractivity contribution is -0.683. The maximum Gasteiger partial charge on any atom is 0.229 e. The summed E-state index contributed by atoms with van der Waals surface area (Å²) in [4.78, 5) is 15.7. The van der Waals surface area contributed by atoms with Crippen molar-refractivity contribution in [2.45, 2.75) is 6.54 Å². The lowest BCUT2D eigenvalue weighted by atomic mass is 10.2. The van der Waals surface area contributed by atoms with Crippen LogP contribution in [0.2, 0.25) is 0 Å². The highest BCUT2D eigenvalue weighted by atomic mass is 79.9. The van der Waals surface area contributed by atoms with Crippen LogP contribution in [0.25, 0.3) is 0 Å². The molecule has 4 heteroatoms. The highest BCUT2D eigenvalue weighted by molar-refractivity contribution is 8.93. The lowest BCUT2D eigenvalue weighted by Gasteiger charge is -1.96. The first kappa shape index (κ1) is 12.5. The zero-order valence-corrected chi connectivity index (χ0v) is 10.3. The molecule has 16 heavy (non-hydrogen) atoms. The highest BCUT2D eigenvalue weighted by Crippen LogP contribution is 1.96. The number of aromatic nitrogens is 2. The minimum Gasteiger partial charge on any atom is -0.287 e. The maximum atomic E-state index is 11.8. The molecule has 0 bridgehead atoms. The van der Waals surface area contributed by atoms with E-state index in [0.29, 0.717) is 12.1 Å². The summed E-state index contributed by atoms with van der Waals surface area (Å²) in [5.41, 5.74) is 0.647. The Bertz CT molecular complexity index is 445. The Morgan fingerprint density at radius 1 is 1.19 bits per heavy atom. The van der Waals surface area contributed by atoms with Crippen LogP contribution < -0.4 is 4.57 Å². The lowest BCUT2D eigenvalue weighted by Crippen LogP contribution is -2.36. The zero-order valence-electron chi connectivity index (χ0n) is 8.61. The van der Waals surface area contributed by atoms with Crippen LogP contribution in [-0.4, -0.2) is 10.8 Å². The van der Waals surface area contributed by atoms with Gasteiger partial charge in [-0.05, 0) is 12.1 Å². The molecule has 0 atom stereocenters. The van der Waals surface area contributed by atoms with E-state index in [0.717, 1.165) is 0 Å². The molecular formula is C12H12BrN2O+. The summed E-state index contributed by atoms with van der Waals surface area (Å²) in [6.07, 6.45) is 6.99. The minimum atomic E-state index is 0. The van der Waals surface area contributed by atoms with E-state index in [1.807, 2.05) is 35.2 Å². The molecule has 0 saturated carbocycles. The zero-order chi connectivity index (χ0) is 10.5. The quantitative estimate of drug-likeness (QED) is 0.635. The van der Waals surface area contributed by atoms with Gasteiger partial charge in [0.15, 0.2) is 12.4 Å². The second-order valence-corrected chi connectivity index (χ2v) is 3.21. The first-order valence-electron chi connectivity index (χ1n) is 4.73. The molecule has 0 aromatic carbocycles. The van der Waals surface area contributed by atoms with Gasteiger partial charge in [0.1, 0.15) is 0 Å². The molecule has 0 unspecified atom stereocenters. The van der Waals surface area contributed by atoms with Crippen LogP contribution in [0.1, 0.15) is 10.4 Å². The SMILES string of the molecule is Br.O=C(C[n+]1ccccc1)c1cccnc1. The predicted molar refractivity (Wildman–Crippen MR) is 65.5 cm³/mol. The molecule has 2 heterocycles. The molecule has 0 spiro atoms. The monoisotopic (exact) mass is 279 g/mol. The summed E-state index contributed by atoms with van der Waals surface area (Å²) in [6.45, 7) is 0.354. The van der Waals surface area contributed by atoms with Crippen LogP contribution in [-0.2, 0) is 6.54 Å². The van der Waals surface area contributed by atoms with Gasteiger partial charge in [-0.1, -0.05) is 6.07 Å². The second kappa shape index (κ2) is 6.12. The van der Waals surface area contributed by atoms with Crippen molar-refractivity contribution < 1.29 is 9.36 Å². The second-order valence-electron chi connectivity index (χ2n) is 3.21. The number of hydrogen-bond acceptors (Lipinski definition) is 2. The molecule has 0 aliphatic rings. The minimum absolute atomic E-state index is 0. The molecule has 0 aliphatic heterocycles. The van der Waals surface area contributed by atoms with Crippen LogP contribution >= 0.6 is 17.0 Å². The maximum absolute atomic E-state index is 11.8. The van der Waals surface area contributed by atoms with Gasteiger partial charge in [0, 0.05) is 30.1 Å². The smallest absolute Gasteiger partial charge is 0.229 e. The van der Waals surface area contributed by atoms with Crippen molar-refractivity contribution in [3.8, 4) is 0 Å². The molecule has 0 saturated heterocycles. The van der Waals surface area contributed by atoms with E-state index >= 15 is 0 Å². The van der Waals surface area contributed by atoms with E-state index in [9.17, 15) is 4.79 Å². The van der Waals surface area contributed by atoms with Crippen LogP contribution in [0.15, 0.2) is 55.1 Å². The molecule has 2 aromatic heterocycles. The Hall–Kier alpha value is -1.55. The third kappa shape index (κ3) is 3.24. The Kier molecular flexibility index (Phi) is 4.79. The molecule has 0 radical (unpaired) electrons. The van der Waals surface area contributed by atoms with Crippen LogP contribution in [0.5, 0.6) is 0 Å². The average molecular weight is 280 g/mol. The van der Waals surface area contributed by atoms with Crippen molar-refractivity contribution >= 4 is 22.8 Å². The van der Waals surface area contributed by atoms with E-state index in [4.69, 9.17) is 0 Å². The van der Waals surface area contributed by atoms with E-state index in [-0.39, 0.29) is 22.8 Å². The number of rotatable bonds is 3. The van der Waals surface area contributed by atoms with Crippen LogP contribution in [0.4, 0.5) is 0 Å². The fourth-order valence-electron chi connectivity index (χ4n) is 1.32. The molecule has 2 rings (SSSR count). The summed E-state index contributed by atoms with van der Waals surface area (Å²) in [5.74, 6) is 0.0688. The summed E-state index contributed by atoms with van der Waals surface area (Å²) >= 11 is 0. The highest BCUT2D eigenvalue weighted by Gasteiger charge is 2.10. The number of Topliss-reactive ketones (excluding diaryl/α,β-unsaturated/α-hetero) is 1. The van der Waals surface area contributed by atoms with Crippen molar-refractivity contribution in [1.29, 1.82) is 0 Å². The van der Waals surface area contributed by atoms with Gasteiger partial charge in [0.05, 0.1) is 0 Å². The van der Waals surface area contributed by atoms with Gasteiger partial charge >= 0.3 is 0 Å². The molecule has 0 amide bonds. The largest absolute Gasteiger partial charge is 0.287 e. The fraction of sp³-hybridized carbons (Fsp3) is 0.0833.